The highest BCUT2D eigenvalue weighted by Gasteiger charge is 2.23. The van der Waals surface area contributed by atoms with Gasteiger partial charge in [-0.05, 0) is 29.9 Å². The number of thiazole rings is 1. The number of benzene rings is 1. The Labute approximate surface area is 118 Å². The SMILES string of the molecule is CC1CCC(NCCc2nccs2)c2ccccc21. The number of fused-ring (bicyclic) bond motifs is 1. The van der Waals surface area contributed by atoms with E-state index in [0.29, 0.717) is 12.0 Å². The van der Waals surface area contributed by atoms with E-state index in [1.54, 1.807) is 11.3 Å². The molecule has 1 aliphatic carbocycles. The predicted molar refractivity (Wildman–Crippen MR) is 80.7 cm³/mol. The summed E-state index contributed by atoms with van der Waals surface area (Å²) in [6, 6.07) is 9.41. The molecule has 0 saturated heterocycles. The number of nitrogens with one attached hydrogen (secondary N) is 1. The Balaban J connectivity index is 1.64. The summed E-state index contributed by atoms with van der Waals surface area (Å²) in [5, 5.41) is 6.98. The van der Waals surface area contributed by atoms with Crippen LogP contribution in [0.4, 0.5) is 0 Å². The maximum Gasteiger partial charge on any atom is 0.0937 e. The van der Waals surface area contributed by atoms with Gasteiger partial charge in [0.05, 0.1) is 5.01 Å². The Morgan fingerprint density at radius 3 is 2.89 bits per heavy atom. The molecule has 0 saturated carbocycles. The highest BCUT2D eigenvalue weighted by molar-refractivity contribution is 7.09. The van der Waals surface area contributed by atoms with Gasteiger partial charge in [0, 0.05) is 30.6 Å². The van der Waals surface area contributed by atoms with E-state index in [0.717, 1.165) is 13.0 Å². The van der Waals surface area contributed by atoms with Crippen LogP contribution in [0, 0.1) is 0 Å². The van der Waals surface area contributed by atoms with E-state index in [1.165, 1.54) is 29.0 Å². The molecule has 1 heterocycles. The summed E-state index contributed by atoms with van der Waals surface area (Å²) < 4.78 is 0. The first kappa shape index (κ1) is 12.8. The summed E-state index contributed by atoms with van der Waals surface area (Å²) >= 11 is 1.74. The second-order valence-electron chi connectivity index (χ2n) is 5.29. The van der Waals surface area contributed by atoms with E-state index in [-0.39, 0.29) is 0 Å². The average Bonchev–Trinajstić information content (AvgIpc) is 2.95. The largest absolute Gasteiger partial charge is 0.310 e. The summed E-state index contributed by atoms with van der Waals surface area (Å²) in [6.07, 6.45) is 5.45. The van der Waals surface area contributed by atoms with Gasteiger partial charge in [0.15, 0.2) is 0 Å². The summed E-state index contributed by atoms with van der Waals surface area (Å²) in [6.45, 7) is 3.35. The lowest BCUT2D eigenvalue weighted by Crippen LogP contribution is -2.27. The Morgan fingerprint density at radius 2 is 2.11 bits per heavy atom. The van der Waals surface area contributed by atoms with E-state index in [9.17, 15) is 0 Å². The van der Waals surface area contributed by atoms with Crippen LogP contribution >= 0.6 is 11.3 Å². The lowest BCUT2D eigenvalue weighted by atomic mass is 9.81. The van der Waals surface area contributed by atoms with Crippen molar-refractivity contribution in [2.75, 3.05) is 6.54 Å². The van der Waals surface area contributed by atoms with Crippen molar-refractivity contribution in [3.63, 3.8) is 0 Å². The molecule has 0 radical (unpaired) electrons. The quantitative estimate of drug-likeness (QED) is 0.912. The van der Waals surface area contributed by atoms with Gasteiger partial charge in [-0.1, -0.05) is 31.2 Å². The van der Waals surface area contributed by atoms with Crippen molar-refractivity contribution < 1.29 is 0 Å². The molecule has 1 aliphatic rings. The Bertz CT molecular complexity index is 521. The molecule has 1 aromatic heterocycles. The molecule has 3 heteroatoms. The number of hydrogen-bond acceptors (Lipinski definition) is 3. The molecule has 2 atom stereocenters. The van der Waals surface area contributed by atoms with Crippen LogP contribution in [0.2, 0.25) is 0 Å². The average molecular weight is 272 g/mol. The Hall–Kier alpha value is -1.19. The number of aromatic nitrogens is 1. The first-order valence-electron chi connectivity index (χ1n) is 7.05. The van der Waals surface area contributed by atoms with Crippen LogP contribution in [0.3, 0.4) is 0 Å². The zero-order valence-electron chi connectivity index (χ0n) is 11.3. The number of hydrogen-bond donors (Lipinski definition) is 1. The monoisotopic (exact) mass is 272 g/mol. The number of nitrogens with zero attached hydrogens (tertiary/aromatic N) is 1. The minimum Gasteiger partial charge on any atom is -0.310 e. The molecule has 0 aliphatic heterocycles. The molecule has 0 bridgehead atoms. The van der Waals surface area contributed by atoms with E-state index in [2.05, 4.69) is 41.5 Å². The van der Waals surface area contributed by atoms with Gasteiger partial charge in [0.25, 0.3) is 0 Å². The van der Waals surface area contributed by atoms with Gasteiger partial charge in [0.1, 0.15) is 0 Å². The Morgan fingerprint density at radius 1 is 1.26 bits per heavy atom. The van der Waals surface area contributed by atoms with Crippen molar-refractivity contribution in [2.45, 2.75) is 38.1 Å². The molecule has 0 amide bonds. The van der Waals surface area contributed by atoms with E-state index < -0.39 is 0 Å². The van der Waals surface area contributed by atoms with Crippen molar-refractivity contribution in [2.24, 2.45) is 0 Å². The van der Waals surface area contributed by atoms with Crippen LogP contribution in [-0.4, -0.2) is 11.5 Å². The molecule has 2 aromatic rings. The second-order valence-corrected chi connectivity index (χ2v) is 6.27. The topological polar surface area (TPSA) is 24.9 Å². The molecular formula is C16H20N2S. The van der Waals surface area contributed by atoms with Gasteiger partial charge in [0.2, 0.25) is 0 Å². The van der Waals surface area contributed by atoms with E-state index in [4.69, 9.17) is 0 Å². The van der Waals surface area contributed by atoms with Crippen molar-refractivity contribution in [1.82, 2.24) is 10.3 Å². The lowest BCUT2D eigenvalue weighted by molar-refractivity contribution is 0.434. The fourth-order valence-corrected chi connectivity index (χ4v) is 3.57. The third-order valence-electron chi connectivity index (χ3n) is 4.00. The van der Waals surface area contributed by atoms with Crippen molar-refractivity contribution in [3.8, 4) is 0 Å². The van der Waals surface area contributed by atoms with Crippen LogP contribution in [0.1, 0.15) is 47.9 Å². The Kier molecular flexibility index (Phi) is 3.95. The van der Waals surface area contributed by atoms with Gasteiger partial charge in [-0.25, -0.2) is 4.98 Å². The maximum atomic E-state index is 4.33. The first-order valence-corrected chi connectivity index (χ1v) is 7.93. The van der Waals surface area contributed by atoms with Gasteiger partial charge in [-0.2, -0.15) is 0 Å². The van der Waals surface area contributed by atoms with Crippen LogP contribution in [0.5, 0.6) is 0 Å². The summed E-state index contributed by atoms with van der Waals surface area (Å²) in [4.78, 5) is 4.33. The van der Waals surface area contributed by atoms with Gasteiger partial charge < -0.3 is 5.32 Å². The number of rotatable bonds is 4. The van der Waals surface area contributed by atoms with E-state index in [1.807, 2.05) is 11.6 Å². The molecular weight excluding hydrogens is 252 g/mol. The van der Waals surface area contributed by atoms with E-state index >= 15 is 0 Å². The van der Waals surface area contributed by atoms with Crippen LogP contribution in [0.15, 0.2) is 35.8 Å². The molecule has 19 heavy (non-hydrogen) atoms. The minimum absolute atomic E-state index is 0.521. The third-order valence-corrected chi connectivity index (χ3v) is 4.84. The van der Waals surface area contributed by atoms with Crippen LogP contribution in [0.25, 0.3) is 0 Å². The molecule has 0 fully saturated rings. The second kappa shape index (κ2) is 5.85. The molecule has 1 N–H and O–H groups in total. The smallest absolute Gasteiger partial charge is 0.0937 e. The standard InChI is InChI=1S/C16H20N2S/c1-12-6-7-15(14-5-3-2-4-13(12)14)17-9-8-16-18-10-11-19-16/h2-5,10-12,15,17H,6-9H2,1H3. The summed E-state index contributed by atoms with van der Waals surface area (Å²) in [5.74, 6) is 0.702. The first-order chi connectivity index (χ1) is 9.34. The molecule has 1 aromatic carbocycles. The molecule has 0 spiro atoms. The van der Waals surface area contributed by atoms with Crippen LogP contribution in [-0.2, 0) is 6.42 Å². The van der Waals surface area contributed by atoms with Gasteiger partial charge in [-0.15, -0.1) is 11.3 Å². The van der Waals surface area contributed by atoms with Crippen molar-refractivity contribution in [3.05, 3.63) is 52.0 Å². The maximum absolute atomic E-state index is 4.33. The molecule has 2 nitrogen and oxygen atoms in total. The fraction of sp³-hybridized carbons (Fsp3) is 0.438. The molecule has 2 unspecified atom stereocenters. The van der Waals surface area contributed by atoms with Crippen molar-refractivity contribution >= 4 is 11.3 Å². The van der Waals surface area contributed by atoms with Gasteiger partial charge >= 0.3 is 0 Å². The highest BCUT2D eigenvalue weighted by atomic mass is 32.1. The highest BCUT2D eigenvalue weighted by Crippen LogP contribution is 2.36. The lowest BCUT2D eigenvalue weighted by Gasteiger charge is -2.30. The zero-order chi connectivity index (χ0) is 13.1. The van der Waals surface area contributed by atoms with Crippen molar-refractivity contribution in [1.29, 1.82) is 0 Å². The molecule has 3 rings (SSSR count). The van der Waals surface area contributed by atoms with Gasteiger partial charge in [-0.3, -0.25) is 0 Å². The third kappa shape index (κ3) is 2.88. The predicted octanol–water partition coefficient (Wildman–Crippen LogP) is 3.91. The summed E-state index contributed by atoms with van der Waals surface area (Å²) in [7, 11) is 0. The van der Waals surface area contributed by atoms with Crippen LogP contribution < -0.4 is 5.32 Å². The summed E-state index contributed by atoms with van der Waals surface area (Å²) in [5.41, 5.74) is 3.03. The molecule has 100 valence electrons. The zero-order valence-corrected chi connectivity index (χ0v) is 12.1. The normalized spacial score (nSPS) is 22.2. The minimum atomic E-state index is 0.521. The fourth-order valence-electron chi connectivity index (χ4n) is 2.95.